The van der Waals surface area contributed by atoms with E-state index < -0.39 is 0 Å². The van der Waals surface area contributed by atoms with Crippen LogP contribution < -0.4 is 0 Å². The van der Waals surface area contributed by atoms with Crippen LogP contribution in [0.4, 0.5) is 0 Å². The lowest BCUT2D eigenvalue weighted by molar-refractivity contribution is -0.0436. The maximum absolute atomic E-state index is 5.06. The molecule has 2 heteroatoms. The normalized spacial score (nSPS) is 29.0. The fourth-order valence-electron chi connectivity index (χ4n) is 3.36. The molecule has 0 aromatic carbocycles. The van der Waals surface area contributed by atoms with Gasteiger partial charge < -0.3 is 9.64 Å². The van der Waals surface area contributed by atoms with E-state index in [9.17, 15) is 0 Å². The molecular weight excluding hydrogens is 258 g/mol. The van der Waals surface area contributed by atoms with Crippen LogP contribution in [0.1, 0.15) is 73.6 Å². The van der Waals surface area contributed by atoms with Crippen molar-refractivity contribution >= 4 is 0 Å². The second-order valence-electron chi connectivity index (χ2n) is 7.53. The molecule has 0 bridgehead atoms. The van der Waals surface area contributed by atoms with Crippen LogP contribution in [-0.2, 0) is 4.74 Å². The third kappa shape index (κ3) is 6.69. The quantitative estimate of drug-likeness (QED) is 0.608. The molecular formula is C19H41NO. The summed E-state index contributed by atoms with van der Waals surface area (Å²) in [4.78, 5) is 2.42. The van der Waals surface area contributed by atoms with E-state index in [1.54, 1.807) is 0 Å². The molecule has 0 radical (unpaired) electrons. The van der Waals surface area contributed by atoms with Gasteiger partial charge in [-0.3, -0.25) is 0 Å². The molecule has 2 saturated carbocycles. The van der Waals surface area contributed by atoms with E-state index in [4.69, 9.17) is 4.74 Å². The first kappa shape index (κ1) is 20.9. The fourth-order valence-corrected chi connectivity index (χ4v) is 3.36. The Morgan fingerprint density at radius 1 is 0.905 bits per heavy atom. The van der Waals surface area contributed by atoms with Crippen molar-refractivity contribution < 1.29 is 4.74 Å². The molecule has 21 heavy (non-hydrogen) atoms. The Kier molecular flexibility index (Phi) is 9.80. The number of nitrogens with zero attached hydrogens (tertiary/aromatic N) is 1. The monoisotopic (exact) mass is 299 g/mol. The van der Waals surface area contributed by atoms with E-state index in [1.165, 1.54) is 58.0 Å². The minimum atomic E-state index is 0. The molecule has 0 aromatic rings. The minimum absolute atomic E-state index is 0. The van der Waals surface area contributed by atoms with Crippen LogP contribution in [0.15, 0.2) is 0 Å². The molecule has 2 saturated heterocycles. The average Bonchev–Trinajstić information content (AvgIpc) is 2.72. The van der Waals surface area contributed by atoms with Crippen molar-refractivity contribution in [2.24, 2.45) is 17.3 Å². The highest BCUT2D eigenvalue weighted by Gasteiger charge is 2.45. The number of hydrogen-bond donors (Lipinski definition) is 0. The summed E-state index contributed by atoms with van der Waals surface area (Å²) in [6.45, 7) is 9.26. The molecule has 2 nitrogen and oxygen atoms in total. The van der Waals surface area contributed by atoms with Gasteiger partial charge in [-0.25, -0.2) is 0 Å². The highest BCUT2D eigenvalue weighted by Crippen LogP contribution is 2.47. The third-order valence-corrected chi connectivity index (χ3v) is 5.18. The zero-order valence-corrected chi connectivity index (χ0v) is 13.3. The summed E-state index contributed by atoms with van der Waals surface area (Å²) in [7, 11) is 2.21. The molecule has 2 aliphatic carbocycles. The number of ether oxygens (including phenoxy) is 1. The summed E-state index contributed by atoms with van der Waals surface area (Å²) in [5.74, 6) is 1.89. The first-order chi connectivity index (χ1) is 9.10. The Morgan fingerprint density at radius 2 is 1.48 bits per heavy atom. The second-order valence-corrected chi connectivity index (χ2v) is 7.53. The largest absolute Gasteiger partial charge is 0.381 e. The van der Waals surface area contributed by atoms with Gasteiger partial charge in [0.1, 0.15) is 0 Å². The summed E-state index contributed by atoms with van der Waals surface area (Å²) < 4.78 is 5.06. The molecule has 4 fully saturated rings. The summed E-state index contributed by atoms with van der Waals surface area (Å²) in [6.07, 6.45) is 10.2. The minimum Gasteiger partial charge on any atom is -0.381 e. The molecule has 4 rings (SSSR count). The van der Waals surface area contributed by atoms with Crippen molar-refractivity contribution in [2.75, 3.05) is 33.4 Å². The van der Waals surface area contributed by atoms with Crippen molar-refractivity contribution in [3.63, 3.8) is 0 Å². The molecule has 1 atom stereocenters. The van der Waals surface area contributed by atoms with Gasteiger partial charge in [-0.2, -0.15) is 0 Å². The lowest BCUT2D eigenvalue weighted by Gasteiger charge is -2.54. The predicted octanol–water partition coefficient (Wildman–Crippen LogP) is 5.22. The van der Waals surface area contributed by atoms with Gasteiger partial charge in [0.15, 0.2) is 0 Å². The molecule has 1 spiro atoms. The van der Waals surface area contributed by atoms with Gasteiger partial charge in [-0.1, -0.05) is 54.4 Å². The molecule has 0 amide bonds. The van der Waals surface area contributed by atoms with Crippen molar-refractivity contribution in [3.8, 4) is 0 Å². The number of hydrogen-bond acceptors (Lipinski definition) is 2. The van der Waals surface area contributed by atoms with Gasteiger partial charge in [-0.05, 0) is 43.6 Å². The van der Waals surface area contributed by atoms with Crippen molar-refractivity contribution in [3.05, 3.63) is 0 Å². The van der Waals surface area contributed by atoms with Gasteiger partial charge in [0, 0.05) is 26.3 Å². The smallest absolute Gasteiger partial charge is 0.0492 e. The molecule has 4 aliphatic rings. The number of likely N-dealkylation sites (tertiary alicyclic amines) is 1. The van der Waals surface area contributed by atoms with Crippen LogP contribution in [0.5, 0.6) is 0 Å². The summed E-state index contributed by atoms with van der Waals surface area (Å²) in [5, 5.41) is 0. The molecule has 2 aliphatic heterocycles. The molecule has 128 valence electrons. The Labute approximate surface area is 134 Å². The average molecular weight is 300 g/mol. The first-order valence-electron chi connectivity index (χ1n) is 8.36. The van der Waals surface area contributed by atoms with Gasteiger partial charge >= 0.3 is 0 Å². The summed E-state index contributed by atoms with van der Waals surface area (Å²) in [6, 6.07) is 0. The van der Waals surface area contributed by atoms with Crippen LogP contribution in [0.2, 0.25) is 0 Å². The Bertz CT molecular complexity index is 244. The number of rotatable bonds is 0. The lowest BCUT2D eigenvalue weighted by Crippen LogP contribution is -2.57. The van der Waals surface area contributed by atoms with Crippen LogP contribution in [0, 0.1) is 17.3 Å². The van der Waals surface area contributed by atoms with Crippen LogP contribution in [0.3, 0.4) is 0 Å². The highest BCUT2D eigenvalue weighted by atomic mass is 16.5. The van der Waals surface area contributed by atoms with E-state index in [0.29, 0.717) is 0 Å². The Morgan fingerprint density at radius 3 is 1.57 bits per heavy atom. The van der Waals surface area contributed by atoms with Gasteiger partial charge in [0.2, 0.25) is 0 Å². The lowest BCUT2D eigenvalue weighted by atomic mass is 9.64. The molecule has 1 unspecified atom stereocenters. The second kappa shape index (κ2) is 9.84. The highest BCUT2D eigenvalue weighted by molar-refractivity contribution is 4.98. The predicted molar refractivity (Wildman–Crippen MR) is 94.9 cm³/mol. The van der Waals surface area contributed by atoms with E-state index >= 15 is 0 Å². The Hall–Kier alpha value is -0.0800. The van der Waals surface area contributed by atoms with Crippen molar-refractivity contribution in [1.29, 1.82) is 0 Å². The van der Waals surface area contributed by atoms with E-state index in [-0.39, 0.29) is 14.9 Å². The van der Waals surface area contributed by atoms with Crippen LogP contribution in [0.25, 0.3) is 0 Å². The fraction of sp³-hybridized carbons (Fsp3) is 1.00. The van der Waals surface area contributed by atoms with Crippen LogP contribution in [-0.4, -0.2) is 38.3 Å². The summed E-state index contributed by atoms with van der Waals surface area (Å²) >= 11 is 0. The van der Waals surface area contributed by atoms with Crippen molar-refractivity contribution in [1.82, 2.24) is 4.90 Å². The maximum atomic E-state index is 5.06. The van der Waals surface area contributed by atoms with E-state index in [1.807, 2.05) is 0 Å². The summed E-state index contributed by atoms with van der Waals surface area (Å²) in [5.41, 5.74) is 0.842. The maximum Gasteiger partial charge on any atom is 0.0492 e. The van der Waals surface area contributed by atoms with Crippen molar-refractivity contribution in [2.45, 2.75) is 73.6 Å². The van der Waals surface area contributed by atoms with Gasteiger partial charge in [0.05, 0.1) is 0 Å². The SMILES string of the molecule is C.C.CC1CCC1.CC1CCOC1.CN1CC2(CCC2)C1. The zero-order valence-electron chi connectivity index (χ0n) is 13.3. The standard InChI is InChI=1S/C7H13N.C5H10O.C5H10.2CH4/c1-8-5-7(6-8)3-2-4-7;1-5-2-3-6-4-5;1-5-3-2-4-5;;/h2-6H2,1H3;5H,2-4H2,1H3;5H,2-4H2,1H3;2*1H4. The molecule has 0 N–H and O–H groups in total. The van der Waals surface area contributed by atoms with E-state index in [0.717, 1.165) is 30.5 Å². The van der Waals surface area contributed by atoms with Gasteiger partial charge in [-0.15, -0.1) is 0 Å². The molecule has 2 heterocycles. The van der Waals surface area contributed by atoms with E-state index in [2.05, 4.69) is 25.8 Å². The van der Waals surface area contributed by atoms with Gasteiger partial charge in [0.25, 0.3) is 0 Å². The topological polar surface area (TPSA) is 12.5 Å². The zero-order chi connectivity index (χ0) is 13.7. The molecule has 0 aromatic heterocycles. The Balaban J connectivity index is 0.000000281. The first-order valence-corrected chi connectivity index (χ1v) is 8.36. The third-order valence-electron chi connectivity index (χ3n) is 5.18. The van der Waals surface area contributed by atoms with Crippen LogP contribution >= 0.6 is 0 Å².